The number of nitrogens with one attached hydrogen (secondary N) is 2. The highest BCUT2D eigenvalue weighted by atomic mass is 16.5. The van der Waals surface area contributed by atoms with Crippen LogP contribution in [0.4, 0.5) is 11.6 Å². The molecule has 2 heterocycles. The number of methoxy groups -OCH3 is 2. The number of ether oxygens (including phenoxy) is 2. The maximum absolute atomic E-state index is 5.36. The maximum Gasteiger partial charge on any atom is 0.247 e. The fourth-order valence-corrected chi connectivity index (χ4v) is 3.93. The van der Waals surface area contributed by atoms with Gasteiger partial charge in [-0.15, -0.1) is 5.10 Å². The second kappa shape index (κ2) is 10.4. The van der Waals surface area contributed by atoms with Crippen molar-refractivity contribution in [2.75, 3.05) is 39.2 Å². The lowest BCUT2D eigenvalue weighted by Crippen LogP contribution is -2.49. The summed E-state index contributed by atoms with van der Waals surface area (Å²) in [5, 5.41) is 11.4. The molecule has 1 atom stereocenters. The number of aryl methyl sites for hydroxylation is 1. The van der Waals surface area contributed by atoms with E-state index in [9.17, 15) is 0 Å². The first-order valence-corrected chi connectivity index (χ1v) is 11.2. The maximum atomic E-state index is 5.36. The molecule has 0 aliphatic carbocycles. The van der Waals surface area contributed by atoms with Gasteiger partial charge < -0.3 is 25.0 Å². The molecule has 2 N–H and O–H groups in total. The lowest BCUT2D eigenvalue weighted by atomic mass is 10.0. The number of hydrogen-bond acceptors (Lipinski definition) is 7. The van der Waals surface area contributed by atoms with Crippen LogP contribution in [0.25, 0.3) is 0 Å². The van der Waals surface area contributed by atoms with E-state index in [2.05, 4.69) is 51.5 Å². The van der Waals surface area contributed by atoms with Gasteiger partial charge in [0.2, 0.25) is 5.95 Å². The number of amidine groups is 1. The smallest absolute Gasteiger partial charge is 0.247 e. The first kappa shape index (κ1) is 23.3. The molecule has 9 heteroatoms. The van der Waals surface area contributed by atoms with E-state index in [0.29, 0.717) is 29.0 Å². The van der Waals surface area contributed by atoms with Crippen LogP contribution in [0.1, 0.15) is 24.4 Å². The van der Waals surface area contributed by atoms with Crippen molar-refractivity contribution < 1.29 is 9.47 Å². The number of allylic oxidation sites excluding steroid dienone is 1. The molecule has 1 aliphatic rings. The van der Waals surface area contributed by atoms with E-state index >= 15 is 0 Å². The predicted octanol–water partition coefficient (Wildman–Crippen LogP) is 3.50. The summed E-state index contributed by atoms with van der Waals surface area (Å²) in [5.41, 5.74) is 2.71. The highest BCUT2D eigenvalue weighted by Crippen LogP contribution is 2.27. The zero-order valence-corrected chi connectivity index (χ0v) is 20.1. The second-order valence-corrected chi connectivity index (χ2v) is 8.14. The van der Waals surface area contributed by atoms with Crippen LogP contribution in [0.2, 0.25) is 0 Å². The van der Waals surface area contributed by atoms with Gasteiger partial charge in [0.05, 0.1) is 14.2 Å². The normalized spacial score (nSPS) is 16.3. The monoisotopic (exact) mass is 461 g/mol. The lowest BCUT2D eigenvalue weighted by molar-refractivity contribution is 0.293. The minimum Gasteiger partial charge on any atom is -0.497 e. The first-order valence-electron chi connectivity index (χ1n) is 11.2. The number of hydrogen-bond donors (Lipinski definition) is 2. The Morgan fingerprint density at radius 1 is 1.15 bits per heavy atom. The van der Waals surface area contributed by atoms with Crippen molar-refractivity contribution in [1.82, 2.24) is 25.0 Å². The number of rotatable bonds is 7. The summed E-state index contributed by atoms with van der Waals surface area (Å²) < 4.78 is 12.5. The number of nitrogens with zero attached hydrogens (tertiary/aromatic N) is 5. The number of piperazine rings is 1. The summed E-state index contributed by atoms with van der Waals surface area (Å²) >= 11 is 0. The van der Waals surface area contributed by atoms with Crippen LogP contribution in [0.3, 0.4) is 0 Å². The Morgan fingerprint density at radius 2 is 1.85 bits per heavy atom. The average molecular weight is 462 g/mol. The van der Waals surface area contributed by atoms with Gasteiger partial charge in [0, 0.05) is 62.3 Å². The molecule has 3 aromatic rings. The molecule has 0 spiro atoms. The van der Waals surface area contributed by atoms with Crippen molar-refractivity contribution in [2.24, 2.45) is 12.0 Å². The SMILES string of the molecule is C=C(C)N=C(c1nc(Nc2cc(OC)cc(OC)c2)nn1C)N1CCNC(c2ccccc2)C1. The van der Waals surface area contributed by atoms with Crippen LogP contribution in [0.15, 0.2) is 65.8 Å². The number of aromatic nitrogens is 3. The van der Waals surface area contributed by atoms with E-state index in [1.54, 1.807) is 18.9 Å². The number of anilines is 2. The molecule has 34 heavy (non-hydrogen) atoms. The van der Waals surface area contributed by atoms with Crippen molar-refractivity contribution in [2.45, 2.75) is 13.0 Å². The highest BCUT2D eigenvalue weighted by Gasteiger charge is 2.27. The van der Waals surface area contributed by atoms with E-state index in [1.807, 2.05) is 38.2 Å². The first-order chi connectivity index (χ1) is 16.5. The number of aliphatic imine (C=N–C) groups is 1. The highest BCUT2D eigenvalue weighted by molar-refractivity contribution is 5.96. The van der Waals surface area contributed by atoms with E-state index < -0.39 is 0 Å². The summed E-state index contributed by atoms with van der Waals surface area (Å²) in [6, 6.07) is 16.2. The standard InChI is InChI=1S/C25H31N7O2/c1-17(2)27-24(32-12-11-26-22(16-32)18-9-7-6-8-10-18)23-29-25(30-31(23)3)28-19-13-20(33-4)15-21(14-19)34-5/h6-10,13-15,22,26H,1,11-12,16H2,2-5H3,(H,28,30). The van der Waals surface area contributed by atoms with Crippen molar-refractivity contribution >= 4 is 17.5 Å². The molecule has 1 aliphatic heterocycles. The summed E-state index contributed by atoms with van der Waals surface area (Å²) in [5.74, 6) is 3.22. The van der Waals surface area contributed by atoms with Crippen LogP contribution in [0.5, 0.6) is 11.5 Å². The number of benzene rings is 2. The summed E-state index contributed by atoms with van der Waals surface area (Å²) in [6.45, 7) is 8.29. The van der Waals surface area contributed by atoms with E-state index in [1.165, 1.54) is 5.56 Å². The van der Waals surface area contributed by atoms with Gasteiger partial charge in [-0.3, -0.25) is 0 Å². The Hall–Kier alpha value is -3.85. The van der Waals surface area contributed by atoms with Crippen LogP contribution in [-0.2, 0) is 7.05 Å². The van der Waals surface area contributed by atoms with Crippen LogP contribution < -0.4 is 20.1 Å². The average Bonchev–Trinajstić information content (AvgIpc) is 3.22. The Morgan fingerprint density at radius 3 is 2.50 bits per heavy atom. The summed E-state index contributed by atoms with van der Waals surface area (Å²) in [7, 11) is 5.10. The molecule has 0 bridgehead atoms. The topological polar surface area (TPSA) is 88.8 Å². The predicted molar refractivity (Wildman–Crippen MR) is 134 cm³/mol. The van der Waals surface area contributed by atoms with Gasteiger partial charge in [-0.1, -0.05) is 36.9 Å². The van der Waals surface area contributed by atoms with Crippen molar-refractivity contribution in [3.63, 3.8) is 0 Å². The molecule has 9 nitrogen and oxygen atoms in total. The zero-order valence-electron chi connectivity index (χ0n) is 20.1. The van der Waals surface area contributed by atoms with Crippen molar-refractivity contribution in [3.05, 3.63) is 72.2 Å². The second-order valence-electron chi connectivity index (χ2n) is 8.14. The van der Waals surface area contributed by atoms with E-state index in [4.69, 9.17) is 19.5 Å². The molecule has 1 aromatic heterocycles. The molecular formula is C25H31N7O2. The largest absolute Gasteiger partial charge is 0.497 e. The molecule has 1 saturated heterocycles. The van der Waals surface area contributed by atoms with E-state index in [-0.39, 0.29) is 6.04 Å². The van der Waals surface area contributed by atoms with Crippen LogP contribution in [-0.4, -0.2) is 59.4 Å². The fraction of sp³-hybridized carbons (Fsp3) is 0.320. The quantitative estimate of drug-likeness (QED) is 0.411. The van der Waals surface area contributed by atoms with Crippen molar-refractivity contribution in [3.8, 4) is 11.5 Å². The van der Waals surface area contributed by atoms with Gasteiger partial charge in [-0.05, 0) is 12.5 Å². The Kier molecular flexibility index (Phi) is 7.12. The zero-order chi connectivity index (χ0) is 24.1. The van der Waals surface area contributed by atoms with Gasteiger partial charge in [0.1, 0.15) is 11.5 Å². The molecule has 0 amide bonds. The molecule has 0 saturated carbocycles. The summed E-state index contributed by atoms with van der Waals surface area (Å²) in [6.07, 6.45) is 0. The van der Waals surface area contributed by atoms with Crippen LogP contribution in [0, 0.1) is 0 Å². The van der Waals surface area contributed by atoms with Gasteiger partial charge >= 0.3 is 0 Å². The third kappa shape index (κ3) is 5.37. The van der Waals surface area contributed by atoms with E-state index in [0.717, 1.165) is 31.2 Å². The Labute approximate surface area is 200 Å². The Balaban J connectivity index is 1.61. The Bertz CT molecular complexity index is 1150. The molecule has 1 fully saturated rings. The summed E-state index contributed by atoms with van der Waals surface area (Å²) in [4.78, 5) is 11.8. The molecule has 178 valence electrons. The molecule has 1 unspecified atom stereocenters. The molecular weight excluding hydrogens is 430 g/mol. The van der Waals surface area contributed by atoms with Gasteiger partial charge in [-0.2, -0.15) is 4.98 Å². The minimum atomic E-state index is 0.195. The van der Waals surface area contributed by atoms with Crippen LogP contribution >= 0.6 is 0 Å². The minimum absolute atomic E-state index is 0.195. The van der Waals surface area contributed by atoms with Gasteiger partial charge in [-0.25, -0.2) is 9.67 Å². The fourth-order valence-electron chi connectivity index (χ4n) is 3.93. The lowest BCUT2D eigenvalue weighted by Gasteiger charge is -2.35. The third-order valence-corrected chi connectivity index (χ3v) is 5.54. The van der Waals surface area contributed by atoms with Gasteiger partial charge in [0.15, 0.2) is 11.7 Å². The molecule has 2 aromatic carbocycles. The van der Waals surface area contributed by atoms with Crippen molar-refractivity contribution in [1.29, 1.82) is 0 Å². The molecule has 0 radical (unpaired) electrons. The third-order valence-electron chi connectivity index (χ3n) is 5.54. The van der Waals surface area contributed by atoms with Gasteiger partial charge in [0.25, 0.3) is 0 Å². The molecule has 4 rings (SSSR count).